The van der Waals surface area contributed by atoms with Crippen molar-refractivity contribution in [2.24, 2.45) is 0 Å². The van der Waals surface area contributed by atoms with Gasteiger partial charge >= 0.3 is 0 Å². The second-order valence-corrected chi connectivity index (χ2v) is 7.08. The molecule has 1 fully saturated rings. The Morgan fingerprint density at radius 2 is 1.90 bits per heavy atom. The van der Waals surface area contributed by atoms with E-state index in [2.05, 4.69) is 6.58 Å². The molecule has 8 heteroatoms. The third-order valence-electron chi connectivity index (χ3n) is 5.33. The summed E-state index contributed by atoms with van der Waals surface area (Å²) in [6.07, 6.45) is 2.78. The standard InChI is InChI=1S/C22H20N2O6/c1-2-19(26)24-7-10-28-18-4-3-14(11-16(18)24)15-13-29-22-17(25)12-20(30-21(15)22)23-5-8-27-9-6-23/h2-4,11-13H,1,5-10H2. The number of benzene rings is 1. The van der Waals surface area contributed by atoms with E-state index in [4.69, 9.17) is 18.3 Å². The van der Waals surface area contributed by atoms with Crippen LogP contribution in [0.4, 0.5) is 11.6 Å². The fourth-order valence-corrected chi connectivity index (χ4v) is 3.79. The molecule has 0 N–H and O–H groups in total. The van der Waals surface area contributed by atoms with Gasteiger partial charge in [-0.3, -0.25) is 9.59 Å². The predicted octanol–water partition coefficient (Wildman–Crippen LogP) is 2.80. The summed E-state index contributed by atoms with van der Waals surface area (Å²) in [6, 6.07) is 6.94. The van der Waals surface area contributed by atoms with E-state index >= 15 is 0 Å². The van der Waals surface area contributed by atoms with Crippen molar-refractivity contribution in [3.63, 3.8) is 0 Å². The highest BCUT2D eigenvalue weighted by atomic mass is 16.5. The number of hydrogen-bond acceptors (Lipinski definition) is 7. The van der Waals surface area contributed by atoms with E-state index in [1.54, 1.807) is 11.0 Å². The van der Waals surface area contributed by atoms with Crippen molar-refractivity contribution >= 4 is 28.6 Å². The third kappa shape index (κ3) is 3.05. The zero-order valence-electron chi connectivity index (χ0n) is 16.3. The molecule has 3 aromatic rings. The van der Waals surface area contributed by atoms with Gasteiger partial charge in [-0.15, -0.1) is 0 Å². The summed E-state index contributed by atoms with van der Waals surface area (Å²) in [5, 5.41) is 0. The molecule has 2 aliphatic rings. The van der Waals surface area contributed by atoms with Crippen LogP contribution in [0.2, 0.25) is 0 Å². The highest BCUT2D eigenvalue weighted by Gasteiger charge is 2.24. The number of rotatable bonds is 3. The Morgan fingerprint density at radius 1 is 1.07 bits per heavy atom. The average Bonchev–Trinajstić information content (AvgIpc) is 3.23. The van der Waals surface area contributed by atoms with Crippen LogP contribution < -0.4 is 20.0 Å². The number of anilines is 2. The number of hydrogen-bond donors (Lipinski definition) is 0. The van der Waals surface area contributed by atoms with Crippen molar-refractivity contribution in [1.29, 1.82) is 0 Å². The summed E-state index contributed by atoms with van der Waals surface area (Å²) in [4.78, 5) is 28.5. The number of fused-ring (bicyclic) bond motifs is 2. The second-order valence-electron chi connectivity index (χ2n) is 7.08. The summed E-state index contributed by atoms with van der Waals surface area (Å²) in [7, 11) is 0. The van der Waals surface area contributed by atoms with Crippen LogP contribution in [0.15, 0.2) is 56.8 Å². The van der Waals surface area contributed by atoms with Gasteiger partial charge in [0.1, 0.15) is 18.6 Å². The van der Waals surface area contributed by atoms with Crippen LogP contribution >= 0.6 is 0 Å². The van der Waals surface area contributed by atoms with E-state index in [0.717, 1.165) is 5.56 Å². The Kier molecular flexibility index (Phi) is 4.55. The quantitative estimate of drug-likeness (QED) is 0.616. The van der Waals surface area contributed by atoms with Gasteiger partial charge in [0.25, 0.3) is 5.91 Å². The van der Waals surface area contributed by atoms with E-state index in [1.165, 1.54) is 18.4 Å². The van der Waals surface area contributed by atoms with Gasteiger partial charge in [-0.25, -0.2) is 0 Å². The van der Waals surface area contributed by atoms with Crippen molar-refractivity contribution in [3.8, 4) is 16.9 Å². The zero-order chi connectivity index (χ0) is 20.7. The van der Waals surface area contributed by atoms with Crippen molar-refractivity contribution in [3.05, 3.63) is 53.4 Å². The molecule has 2 aliphatic heterocycles. The fraction of sp³-hybridized carbons (Fsp3) is 0.273. The topological polar surface area (TPSA) is 85.4 Å². The van der Waals surface area contributed by atoms with Crippen molar-refractivity contribution in [2.45, 2.75) is 0 Å². The SMILES string of the molecule is C=CC(=O)N1CCOc2ccc(-c3coc4c(=O)cc(N5CCOCC5)oc34)cc21. The van der Waals surface area contributed by atoms with E-state index in [-0.39, 0.29) is 16.9 Å². The smallest absolute Gasteiger partial charge is 0.250 e. The highest BCUT2D eigenvalue weighted by Crippen LogP contribution is 2.38. The maximum absolute atomic E-state index is 12.6. The van der Waals surface area contributed by atoms with Gasteiger partial charge in [-0.05, 0) is 23.8 Å². The molecule has 1 saturated heterocycles. The Labute approximate surface area is 171 Å². The number of ether oxygens (including phenoxy) is 2. The van der Waals surface area contributed by atoms with Crippen molar-refractivity contribution < 1.29 is 23.1 Å². The fourth-order valence-electron chi connectivity index (χ4n) is 3.79. The Hall–Kier alpha value is -3.52. The van der Waals surface area contributed by atoms with Crippen LogP contribution in [0.1, 0.15) is 0 Å². The molecule has 5 rings (SSSR count). The number of furan rings is 1. The first-order chi connectivity index (χ1) is 14.7. The number of carbonyl (C=O) groups is 1. The Bertz CT molecular complexity index is 1190. The molecule has 0 aliphatic carbocycles. The molecule has 0 bridgehead atoms. The molecule has 0 spiro atoms. The summed E-state index contributed by atoms with van der Waals surface area (Å²) >= 11 is 0. The molecular weight excluding hydrogens is 388 g/mol. The molecular formula is C22H20N2O6. The molecule has 0 saturated carbocycles. The molecule has 154 valence electrons. The van der Waals surface area contributed by atoms with Gasteiger partial charge in [0.2, 0.25) is 11.0 Å². The first-order valence-electron chi connectivity index (χ1n) is 9.75. The highest BCUT2D eigenvalue weighted by molar-refractivity contribution is 6.03. The van der Waals surface area contributed by atoms with Gasteiger partial charge in [-0.2, -0.15) is 0 Å². The first-order valence-corrected chi connectivity index (χ1v) is 9.75. The summed E-state index contributed by atoms with van der Waals surface area (Å²) in [6.45, 7) is 6.89. The lowest BCUT2D eigenvalue weighted by atomic mass is 10.1. The van der Waals surface area contributed by atoms with Crippen molar-refractivity contribution in [1.82, 2.24) is 0 Å². The normalized spacial score (nSPS) is 16.3. The minimum Gasteiger partial charge on any atom is -0.490 e. The molecule has 30 heavy (non-hydrogen) atoms. The number of nitrogens with zero attached hydrogens (tertiary/aromatic N) is 2. The van der Waals surface area contributed by atoms with Gasteiger partial charge in [0.15, 0.2) is 11.5 Å². The monoisotopic (exact) mass is 408 g/mol. The number of amides is 1. The molecule has 4 heterocycles. The minimum absolute atomic E-state index is 0.162. The Balaban J connectivity index is 1.61. The van der Waals surface area contributed by atoms with Crippen molar-refractivity contribution in [2.75, 3.05) is 49.3 Å². The molecule has 0 unspecified atom stereocenters. The molecule has 1 aromatic carbocycles. The van der Waals surface area contributed by atoms with E-state index in [9.17, 15) is 9.59 Å². The molecule has 8 nitrogen and oxygen atoms in total. The number of morpholine rings is 1. The maximum Gasteiger partial charge on any atom is 0.250 e. The van der Waals surface area contributed by atoms with Gasteiger partial charge in [-0.1, -0.05) is 12.6 Å². The predicted molar refractivity (Wildman–Crippen MR) is 111 cm³/mol. The first kappa shape index (κ1) is 18.5. The van der Waals surface area contributed by atoms with Crippen LogP contribution in [-0.4, -0.2) is 45.4 Å². The number of carbonyl (C=O) groups excluding carboxylic acids is 1. The molecule has 2 aromatic heterocycles. The minimum atomic E-state index is -0.242. The lowest BCUT2D eigenvalue weighted by Crippen LogP contribution is -2.36. The van der Waals surface area contributed by atoms with Crippen LogP contribution in [0.3, 0.4) is 0 Å². The third-order valence-corrected chi connectivity index (χ3v) is 5.33. The van der Waals surface area contributed by atoms with E-state index in [0.29, 0.717) is 67.9 Å². The summed E-state index contributed by atoms with van der Waals surface area (Å²) in [5.74, 6) is 0.904. The summed E-state index contributed by atoms with van der Waals surface area (Å²) in [5.41, 5.74) is 2.33. The molecule has 1 amide bonds. The molecule has 0 atom stereocenters. The molecule has 0 radical (unpaired) electrons. The van der Waals surface area contributed by atoms with Gasteiger partial charge in [0, 0.05) is 13.1 Å². The lowest BCUT2D eigenvalue weighted by molar-refractivity contribution is -0.114. The van der Waals surface area contributed by atoms with Crippen LogP contribution in [-0.2, 0) is 9.53 Å². The van der Waals surface area contributed by atoms with E-state index < -0.39 is 0 Å². The van der Waals surface area contributed by atoms with Crippen LogP contribution in [0.5, 0.6) is 5.75 Å². The van der Waals surface area contributed by atoms with Gasteiger partial charge in [0.05, 0.1) is 37.1 Å². The van der Waals surface area contributed by atoms with Crippen LogP contribution in [0, 0.1) is 0 Å². The van der Waals surface area contributed by atoms with Crippen LogP contribution in [0.25, 0.3) is 22.3 Å². The summed E-state index contributed by atoms with van der Waals surface area (Å²) < 4.78 is 22.7. The lowest BCUT2D eigenvalue weighted by Gasteiger charge is -2.29. The zero-order valence-corrected chi connectivity index (χ0v) is 16.3. The maximum atomic E-state index is 12.6. The second kappa shape index (κ2) is 7.38. The van der Waals surface area contributed by atoms with E-state index in [1.807, 2.05) is 17.0 Å². The largest absolute Gasteiger partial charge is 0.490 e. The van der Waals surface area contributed by atoms with Gasteiger partial charge < -0.3 is 28.1 Å². The average molecular weight is 408 g/mol. The Morgan fingerprint density at radius 3 is 2.70 bits per heavy atom.